The van der Waals surface area contributed by atoms with E-state index in [0.717, 1.165) is 24.5 Å². The van der Waals surface area contributed by atoms with Crippen molar-refractivity contribution >= 4 is 21.7 Å². The number of hydrogen-bond donors (Lipinski definition) is 0. The summed E-state index contributed by atoms with van der Waals surface area (Å²) in [5.41, 5.74) is 1.01. The Morgan fingerprint density at radius 3 is 2.38 bits per heavy atom. The summed E-state index contributed by atoms with van der Waals surface area (Å²) in [4.78, 5) is 20.7. The van der Waals surface area contributed by atoms with Crippen molar-refractivity contribution in [2.75, 3.05) is 37.6 Å². The Bertz CT molecular complexity index is 955. The van der Waals surface area contributed by atoms with Crippen molar-refractivity contribution in [3.63, 3.8) is 0 Å². The van der Waals surface area contributed by atoms with Crippen molar-refractivity contribution < 1.29 is 18.2 Å². The van der Waals surface area contributed by atoms with E-state index in [2.05, 4.69) is 9.88 Å². The fourth-order valence-corrected chi connectivity index (χ4v) is 5.73. The summed E-state index contributed by atoms with van der Waals surface area (Å²) < 4.78 is 27.6. The summed E-state index contributed by atoms with van der Waals surface area (Å²) in [6, 6.07) is 12.2. The topological polar surface area (TPSA) is 75.1 Å². The van der Waals surface area contributed by atoms with Crippen LogP contribution in [0.5, 0.6) is 0 Å². The lowest BCUT2D eigenvalue weighted by Crippen LogP contribution is -2.55. The summed E-state index contributed by atoms with van der Waals surface area (Å²) in [7, 11) is -3.67. The zero-order chi connectivity index (χ0) is 20.4. The minimum absolute atomic E-state index is 0.0742. The average molecular weight is 416 g/mol. The van der Waals surface area contributed by atoms with Crippen molar-refractivity contribution in [1.82, 2.24) is 9.21 Å². The molecule has 154 valence electrons. The van der Waals surface area contributed by atoms with Crippen LogP contribution in [0.1, 0.15) is 18.4 Å². The number of carbonyl (C=O) groups excluding carboxylic acids is 1. The van der Waals surface area contributed by atoms with Crippen LogP contribution in [0.25, 0.3) is 0 Å². The van der Waals surface area contributed by atoms with Gasteiger partial charge in [0.15, 0.2) is 0 Å². The minimum atomic E-state index is -3.67. The smallest absolute Gasteiger partial charge is 0.274 e. The number of anilines is 1. The Kier molecular flexibility index (Phi) is 5.56. The molecule has 1 amide bonds. The van der Waals surface area contributed by atoms with Crippen LogP contribution in [0.3, 0.4) is 0 Å². The van der Waals surface area contributed by atoms with E-state index in [1.807, 2.05) is 36.2 Å². The molecule has 2 aliphatic rings. The molecule has 0 saturated carbocycles. The highest BCUT2D eigenvalue weighted by molar-refractivity contribution is 7.89. The van der Waals surface area contributed by atoms with Gasteiger partial charge in [-0.2, -0.15) is 4.31 Å². The first kappa shape index (κ1) is 19.8. The van der Waals surface area contributed by atoms with Gasteiger partial charge in [-0.05, 0) is 38.0 Å². The molecule has 2 saturated heterocycles. The SMILES string of the molecule is Cc1ccc(S(=O)(=O)N2CCC[C@@H]2C(=O)N2CCN(c3cccc[nH+]3)CC2)cc1. The molecular formula is C21H27N4O3S+. The monoisotopic (exact) mass is 415 g/mol. The van der Waals surface area contributed by atoms with Gasteiger partial charge in [0, 0.05) is 12.6 Å². The molecule has 0 spiro atoms. The summed E-state index contributed by atoms with van der Waals surface area (Å²) in [6.45, 7) is 4.96. The third kappa shape index (κ3) is 4.00. The fourth-order valence-electron chi connectivity index (χ4n) is 4.08. The number of nitrogens with zero attached hydrogens (tertiary/aromatic N) is 3. The molecule has 1 N–H and O–H groups in total. The molecule has 2 aliphatic heterocycles. The predicted molar refractivity (Wildman–Crippen MR) is 110 cm³/mol. The van der Waals surface area contributed by atoms with Gasteiger partial charge in [-0.25, -0.2) is 13.4 Å². The quantitative estimate of drug-likeness (QED) is 0.755. The first-order chi connectivity index (χ1) is 14.0. The van der Waals surface area contributed by atoms with Gasteiger partial charge in [0.2, 0.25) is 15.9 Å². The van der Waals surface area contributed by atoms with E-state index in [-0.39, 0.29) is 10.8 Å². The lowest BCUT2D eigenvalue weighted by atomic mass is 10.2. The predicted octanol–water partition coefficient (Wildman–Crippen LogP) is 1.31. The highest BCUT2D eigenvalue weighted by atomic mass is 32.2. The average Bonchev–Trinajstić information content (AvgIpc) is 3.25. The molecule has 1 aromatic carbocycles. The number of benzene rings is 1. The molecule has 8 heteroatoms. The number of hydrogen-bond acceptors (Lipinski definition) is 4. The Labute approximate surface area is 172 Å². The number of H-pyrrole nitrogens is 1. The number of aromatic amines is 1. The summed E-state index contributed by atoms with van der Waals surface area (Å²) in [6.07, 6.45) is 3.18. The van der Waals surface area contributed by atoms with Crippen molar-refractivity contribution in [1.29, 1.82) is 0 Å². The van der Waals surface area contributed by atoms with Gasteiger partial charge in [0.1, 0.15) is 19.1 Å². The van der Waals surface area contributed by atoms with E-state index in [9.17, 15) is 13.2 Å². The molecule has 0 bridgehead atoms. The maximum absolute atomic E-state index is 13.2. The summed E-state index contributed by atoms with van der Waals surface area (Å²) in [5.74, 6) is 0.957. The van der Waals surface area contributed by atoms with E-state index >= 15 is 0 Å². The van der Waals surface area contributed by atoms with Gasteiger partial charge in [-0.3, -0.25) is 9.69 Å². The van der Waals surface area contributed by atoms with E-state index < -0.39 is 16.1 Å². The van der Waals surface area contributed by atoms with Crippen molar-refractivity contribution in [2.24, 2.45) is 0 Å². The van der Waals surface area contributed by atoms with Crippen LogP contribution >= 0.6 is 0 Å². The first-order valence-electron chi connectivity index (χ1n) is 10.1. The van der Waals surface area contributed by atoms with Crippen LogP contribution in [-0.2, 0) is 14.8 Å². The fraction of sp³-hybridized carbons (Fsp3) is 0.429. The van der Waals surface area contributed by atoms with Gasteiger partial charge < -0.3 is 4.90 Å². The maximum Gasteiger partial charge on any atom is 0.274 e. The molecule has 0 aliphatic carbocycles. The molecule has 3 heterocycles. The number of pyridine rings is 1. The molecule has 2 aromatic rings. The molecule has 0 unspecified atom stereocenters. The lowest BCUT2D eigenvalue weighted by molar-refractivity contribution is -0.364. The van der Waals surface area contributed by atoms with Crippen LogP contribution < -0.4 is 9.88 Å². The second-order valence-electron chi connectivity index (χ2n) is 7.65. The molecule has 1 atom stereocenters. The zero-order valence-electron chi connectivity index (χ0n) is 16.6. The third-order valence-corrected chi connectivity index (χ3v) is 7.66. The molecule has 2 fully saturated rings. The first-order valence-corrected chi connectivity index (χ1v) is 11.5. The van der Waals surface area contributed by atoms with E-state index in [1.54, 1.807) is 24.3 Å². The molecule has 4 rings (SSSR count). The van der Waals surface area contributed by atoms with Crippen molar-refractivity contribution in [3.8, 4) is 0 Å². The van der Waals surface area contributed by atoms with Crippen molar-refractivity contribution in [3.05, 3.63) is 54.2 Å². The number of aryl methyl sites for hydroxylation is 1. The van der Waals surface area contributed by atoms with E-state index in [4.69, 9.17) is 0 Å². The number of carbonyl (C=O) groups is 1. The van der Waals surface area contributed by atoms with Crippen LogP contribution in [-0.4, -0.2) is 62.3 Å². The zero-order valence-corrected chi connectivity index (χ0v) is 17.4. The maximum atomic E-state index is 13.2. The Morgan fingerprint density at radius 1 is 1.00 bits per heavy atom. The van der Waals surface area contributed by atoms with Gasteiger partial charge >= 0.3 is 0 Å². The number of sulfonamides is 1. The van der Waals surface area contributed by atoms with Crippen LogP contribution in [0, 0.1) is 6.92 Å². The molecule has 0 radical (unpaired) electrons. The van der Waals surface area contributed by atoms with Gasteiger partial charge in [0.25, 0.3) is 5.82 Å². The molecule has 29 heavy (non-hydrogen) atoms. The number of nitrogens with one attached hydrogen (secondary N) is 1. The molecule has 1 aromatic heterocycles. The van der Waals surface area contributed by atoms with Gasteiger partial charge in [0.05, 0.1) is 24.2 Å². The summed E-state index contributed by atoms with van der Waals surface area (Å²) in [5, 5.41) is 0. The highest BCUT2D eigenvalue weighted by Crippen LogP contribution is 2.28. The highest BCUT2D eigenvalue weighted by Gasteiger charge is 2.42. The Morgan fingerprint density at radius 2 is 1.72 bits per heavy atom. The molecular weight excluding hydrogens is 388 g/mol. The molecule has 7 nitrogen and oxygen atoms in total. The number of piperazine rings is 1. The second kappa shape index (κ2) is 8.12. The minimum Gasteiger partial charge on any atom is -0.333 e. The Hall–Kier alpha value is -2.45. The third-order valence-electron chi connectivity index (χ3n) is 5.74. The lowest BCUT2D eigenvalue weighted by Gasteiger charge is -2.34. The number of rotatable bonds is 4. The van der Waals surface area contributed by atoms with Crippen LogP contribution in [0.2, 0.25) is 0 Å². The van der Waals surface area contributed by atoms with E-state index in [0.29, 0.717) is 32.5 Å². The Balaban J connectivity index is 1.45. The normalized spacial score (nSPS) is 20.8. The largest absolute Gasteiger partial charge is 0.333 e. The van der Waals surface area contributed by atoms with Crippen LogP contribution in [0.15, 0.2) is 53.6 Å². The van der Waals surface area contributed by atoms with E-state index in [1.165, 1.54) is 4.31 Å². The van der Waals surface area contributed by atoms with Crippen molar-refractivity contribution in [2.45, 2.75) is 30.7 Å². The number of amides is 1. The standard InChI is InChI=1S/C21H26N4O3S/c1-17-7-9-18(10-8-17)29(27,28)25-12-4-5-19(25)21(26)24-15-13-23(14-16-24)20-6-2-3-11-22-20/h2-3,6-11,19H,4-5,12-16H2,1H3/p+1/t19-/m1/s1. The number of aromatic nitrogens is 1. The van der Waals surface area contributed by atoms with Gasteiger partial charge in [-0.15, -0.1) is 0 Å². The second-order valence-corrected chi connectivity index (χ2v) is 9.54. The van der Waals surface area contributed by atoms with Crippen LogP contribution in [0.4, 0.5) is 5.82 Å². The summed E-state index contributed by atoms with van der Waals surface area (Å²) >= 11 is 0. The van der Waals surface area contributed by atoms with Gasteiger partial charge in [-0.1, -0.05) is 23.8 Å².